The number of hydrogen-bond donors (Lipinski definition) is 1. The molecule has 0 spiro atoms. The summed E-state index contributed by atoms with van der Waals surface area (Å²) >= 11 is 1.50. The summed E-state index contributed by atoms with van der Waals surface area (Å²) in [5, 5.41) is 2.85. The fraction of sp³-hybridized carbons (Fsp3) is 0.412. The lowest BCUT2D eigenvalue weighted by molar-refractivity contribution is -0.112. The average Bonchev–Trinajstić information content (AvgIpc) is 2.63. The Morgan fingerprint density at radius 3 is 2.50 bits per heavy atom. The van der Waals surface area contributed by atoms with Gasteiger partial charge in [-0.15, -0.1) is 11.8 Å². The van der Waals surface area contributed by atoms with Gasteiger partial charge in [0.2, 0.25) is 0 Å². The van der Waals surface area contributed by atoms with Crippen molar-refractivity contribution in [2.45, 2.75) is 6.92 Å². The number of hydrogen-bond acceptors (Lipinski definition) is 5. The summed E-state index contributed by atoms with van der Waals surface area (Å²) in [6.45, 7) is 4.81. The zero-order chi connectivity index (χ0) is 16.9. The van der Waals surface area contributed by atoms with Crippen LogP contribution in [0, 0.1) is 0 Å². The van der Waals surface area contributed by atoms with E-state index in [1.165, 1.54) is 11.8 Å². The number of nitrogens with one attached hydrogen (secondary N) is 1. The van der Waals surface area contributed by atoms with Crippen LogP contribution in [-0.4, -0.2) is 55.4 Å². The van der Waals surface area contributed by atoms with Gasteiger partial charge in [-0.05, 0) is 31.2 Å². The number of allylic oxidation sites excluding steroid dienone is 1. The van der Waals surface area contributed by atoms with Gasteiger partial charge in [-0.25, -0.2) is 0 Å². The zero-order valence-electron chi connectivity index (χ0n) is 13.5. The van der Waals surface area contributed by atoms with Gasteiger partial charge in [0.1, 0.15) is 10.7 Å². The van der Waals surface area contributed by atoms with Gasteiger partial charge < -0.3 is 19.7 Å². The van der Waals surface area contributed by atoms with Crippen LogP contribution in [0.5, 0.6) is 0 Å². The summed E-state index contributed by atoms with van der Waals surface area (Å²) in [5.41, 5.74) is 1.27. The van der Waals surface area contributed by atoms with E-state index in [2.05, 4.69) is 5.32 Å². The first-order valence-electron chi connectivity index (χ1n) is 7.90. The van der Waals surface area contributed by atoms with Crippen molar-refractivity contribution in [1.82, 2.24) is 4.90 Å². The second kappa shape index (κ2) is 7.72. The molecule has 1 N–H and O–H groups in total. The number of ether oxygens (including phenoxy) is 2. The highest BCUT2D eigenvalue weighted by atomic mass is 32.2. The number of morpholine rings is 1. The van der Waals surface area contributed by atoms with Gasteiger partial charge in [0.25, 0.3) is 11.8 Å². The lowest BCUT2D eigenvalue weighted by Crippen LogP contribution is -2.40. The Morgan fingerprint density at radius 1 is 1.12 bits per heavy atom. The van der Waals surface area contributed by atoms with E-state index in [1.807, 2.05) is 0 Å². The van der Waals surface area contributed by atoms with Gasteiger partial charge in [0.05, 0.1) is 19.8 Å². The van der Waals surface area contributed by atoms with E-state index < -0.39 is 0 Å². The normalized spacial score (nSPS) is 18.1. The molecule has 128 valence electrons. The molecule has 0 bridgehead atoms. The van der Waals surface area contributed by atoms with Crippen LogP contribution >= 0.6 is 11.8 Å². The van der Waals surface area contributed by atoms with Crippen molar-refractivity contribution in [1.29, 1.82) is 0 Å². The Labute approximate surface area is 145 Å². The van der Waals surface area contributed by atoms with Crippen LogP contribution in [0.3, 0.4) is 0 Å². The lowest BCUT2D eigenvalue weighted by Gasteiger charge is -2.26. The third-order valence-corrected chi connectivity index (χ3v) is 4.99. The second-order valence-electron chi connectivity index (χ2n) is 5.52. The van der Waals surface area contributed by atoms with E-state index >= 15 is 0 Å². The molecule has 0 atom stereocenters. The second-order valence-corrected chi connectivity index (χ2v) is 6.62. The molecule has 7 heteroatoms. The first-order valence-corrected chi connectivity index (χ1v) is 8.88. The SMILES string of the molecule is CC1=C(C(=O)Nc2ccc(C(=O)N3CCOCC3)cc2)SCCO1. The van der Waals surface area contributed by atoms with Crippen LogP contribution in [0.1, 0.15) is 17.3 Å². The van der Waals surface area contributed by atoms with E-state index in [1.54, 1.807) is 36.1 Å². The van der Waals surface area contributed by atoms with Gasteiger partial charge >= 0.3 is 0 Å². The molecule has 0 aliphatic carbocycles. The van der Waals surface area contributed by atoms with Crippen molar-refractivity contribution in [2.24, 2.45) is 0 Å². The number of carbonyl (C=O) groups is 2. The van der Waals surface area contributed by atoms with Crippen LogP contribution in [0.25, 0.3) is 0 Å². The Hall–Kier alpha value is -1.99. The Kier molecular flexibility index (Phi) is 5.42. The van der Waals surface area contributed by atoms with E-state index in [4.69, 9.17) is 9.47 Å². The minimum Gasteiger partial charge on any atom is -0.496 e. The third kappa shape index (κ3) is 3.91. The van der Waals surface area contributed by atoms with Crippen LogP contribution < -0.4 is 5.32 Å². The maximum absolute atomic E-state index is 12.4. The van der Waals surface area contributed by atoms with Crippen molar-refractivity contribution in [3.8, 4) is 0 Å². The molecule has 2 aliphatic rings. The molecule has 0 unspecified atom stereocenters. The lowest BCUT2D eigenvalue weighted by atomic mass is 10.1. The number of rotatable bonds is 3. The standard InChI is InChI=1S/C17H20N2O4S/c1-12-15(24-11-10-23-12)16(20)18-14-4-2-13(3-5-14)17(21)19-6-8-22-9-7-19/h2-5H,6-11H2,1H3,(H,18,20). The maximum atomic E-state index is 12.4. The van der Waals surface area contributed by atoms with Crippen molar-refractivity contribution in [3.63, 3.8) is 0 Å². The Bertz CT molecular complexity index is 651. The summed E-state index contributed by atoms with van der Waals surface area (Å²) in [5.74, 6) is 1.24. The molecule has 6 nitrogen and oxygen atoms in total. The molecule has 0 aromatic heterocycles. The largest absolute Gasteiger partial charge is 0.496 e. The van der Waals surface area contributed by atoms with Gasteiger partial charge in [0.15, 0.2) is 0 Å². The van der Waals surface area contributed by atoms with Crippen LogP contribution in [0.15, 0.2) is 34.9 Å². The van der Waals surface area contributed by atoms with Crippen LogP contribution in [0.2, 0.25) is 0 Å². The number of thioether (sulfide) groups is 1. The smallest absolute Gasteiger partial charge is 0.265 e. The molecule has 1 saturated heterocycles. The molecule has 24 heavy (non-hydrogen) atoms. The van der Waals surface area contributed by atoms with Gasteiger partial charge in [-0.3, -0.25) is 9.59 Å². The monoisotopic (exact) mass is 348 g/mol. The van der Waals surface area contributed by atoms with E-state index in [0.717, 1.165) is 5.75 Å². The molecule has 1 fully saturated rings. The fourth-order valence-corrected chi connectivity index (χ4v) is 3.38. The summed E-state index contributed by atoms with van der Waals surface area (Å²) in [7, 11) is 0. The number of anilines is 1. The number of benzene rings is 1. The third-order valence-electron chi connectivity index (χ3n) is 3.86. The van der Waals surface area contributed by atoms with Crippen molar-refractivity contribution in [2.75, 3.05) is 44.0 Å². The molecule has 0 saturated carbocycles. The first-order chi connectivity index (χ1) is 11.6. The fourth-order valence-electron chi connectivity index (χ4n) is 2.56. The Balaban J connectivity index is 1.64. The summed E-state index contributed by atoms with van der Waals surface area (Å²) in [4.78, 5) is 27.0. The summed E-state index contributed by atoms with van der Waals surface area (Å²) in [6, 6.07) is 6.96. The topological polar surface area (TPSA) is 67.9 Å². The van der Waals surface area contributed by atoms with Gasteiger partial charge in [0, 0.05) is 30.1 Å². The summed E-state index contributed by atoms with van der Waals surface area (Å²) in [6.07, 6.45) is 0. The minimum absolute atomic E-state index is 0.00837. The summed E-state index contributed by atoms with van der Waals surface area (Å²) < 4.78 is 10.7. The minimum atomic E-state index is -0.176. The molecule has 0 radical (unpaired) electrons. The number of carbonyl (C=O) groups excluding carboxylic acids is 2. The number of nitrogens with zero attached hydrogens (tertiary/aromatic N) is 1. The predicted octanol–water partition coefficient (Wildman–Crippen LogP) is 2.09. The average molecular weight is 348 g/mol. The molecule has 2 amide bonds. The number of amides is 2. The highest BCUT2D eigenvalue weighted by molar-refractivity contribution is 8.04. The molecule has 1 aromatic rings. The molecule has 1 aromatic carbocycles. The van der Waals surface area contributed by atoms with Crippen molar-refractivity contribution >= 4 is 29.3 Å². The van der Waals surface area contributed by atoms with Gasteiger partial charge in [-0.1, -0.05) is 0 Å². The predicted molar refractivity (Wildman–Crippen MR) is 92.9 cm³/mol. The van der Waals surface area contributed by atoms with Crippen LogP contribution in [0.4, 0.5) is 5.69 Å². The highest BCUT2D eigenvalue weighted by Crippen LogP contribution is 2.26. The quantitative estimate of drug-likeness (QED) is 0.906. The first kappa shape index (κ1) is 16.9. The van der Waals surface area contributed by atoms with Crippen molar-refractivity contribution < 1.29 is 19.1 Å². The maximum Gasteiger partial charge on any atom is 0.265 e. The molecule has 2 aliphatic heterocycles. The van der Waals surface area contributed by atoms with E-state index in [-0.39, 0.29) is 11.8 Å². The van der Waals surface area contributed by atoms with Gasteiger partial charge in [-0.2, -0.15) is 0 Å². The van der Waals surface area contributed by atoms with Crippen LogP contribution in [-0.2, 0) is 14.3 Å². The highest BCUT2D eigenvalue weighted by Gasteiger charge is 2.20. The van der Waals surface area contributed by atoms with E-state index in [0.29, 0.717) is 54.8 Å². The van der Waals surface area contributed by atoms with Crippen molar-refractivity contribution in [3.05, 3.63) is 40.5 Å². The Morgan fingerprint density at radius 2 is 1.83 bits per heavy atom. The zero-order valence-corrected chi connectivity index (χ0v) is 14.4. The molecule has 3 rings (SSSR count). The van der Waals surface area contributed by atoms with E-state index in [9.17, 15) is 9.59 Å². The molecule has 2 heterocycles. The molecular weight excluding hydrogens is 328 g/mol. The molecular formula is C17H20N2O4S.